The number of carbonyl (C=O) groups is 2. The molecular weight excluding hydrogens is 182 g/mol. The first kappa shape index (κ1) is 10.5. The summed E-state index contributed by atoms with van der Waals surface area (Å²) < 4.78 is 0. The van der Waals surface area contributed by atoms with Gasteiger partial charge in [-0.2, -0.15) is 0 Å². The number of hydrogen-bond donors (Lipinski definition) is 2. The summed E-state index contributed by atoms with van der Waals surface area (Å²) in [5, 5.41) is 11.2. The zero-order valence-electron chi connectivity index (χ0n) is 8.04. The Morgan fingerprint density at radius 1 is 1.57 bits per heavy atom. The minimum atomic E-state index is -0.850. The highest BCUT2D eigenvalue weighted by Crippen LogP contribution is 2.17. The van der Waals surface area contributed by atoms with Crippen molar-refractivity contribution >= 4 is 11.9 Å². The van der Waals surface area contributed by atoms with E-state index in [2.05, 4.69) is 5.32 Å². The molecule has 0 aromatic heterocycles. The largest absolute Gasteiger partial charge is 0.481 e. The molecule has 0 atom stereocenters. The summed E-state index contributed by atoms with van der Waals surface area (Å²) in [6, 6.07) is 0. The van der Waals surface area contributed by atoms with Crippen LogP contribution in [-0.2, 0) is 9.59 Å². The molecule has 1 rings (SSSR count). The molecule has 76 valence electrons. The molecule has 0 aromatic carbocycles. The van der Waals surface area contributed by atoms with Crippen molar-refractivity contribution in [2.75, 3.05) is 0 Å². The molecule has 1 aliphatic rings. The molecule has 4 nitrogen and oxygen atoms in total. The van der Waals surface area contributed by atoms with Crippen LogP contribution < -0.4 is 5.32 Å². The van der Waals surface area contributed by atoms with Gasteiger partial charge in [-0.3, -0.25) is 9.59 Å². The highest BCUT2D eigenvalue weighted by atomic mass is 16.4. The lowest BCUT2D eigenvalue weighted by Gasteiger charge is -2.12. The van der Waals surface area contributed by atoms with E-state index in [0.717, 1.165) is 24.1 Å². The molecule has 0 unspecified atom stereocenters. The summed E-state index contributed by atoms with van der Waals surface area (Å²) >= 11 is 0. The van der Waals surface area contributed by atoms with Crippen molar-refractivity contribution in [1.82, 2.24) is 5.32 Å². The van der Waals surface area contributed by atoms with Gasteiger partial charge in [0.05, 0.1) is 6.42 Å². The van der Waals surface area contributed by atoms with E-state index in [0.29, 0.717) is 0 Å². The first-order valence-corrected chi connectivity index (χ1v) is 4.47. The van der Waals surface area contributed by atoms with E-state index >= 15 is 0 Å². The van der Waals surface area contributed by atoms with E-state index in [1.807, 2.05) is 6.08 Å². The molecule has 0 fully saturated rings. The van der Waals surface area contributed by atoms with Gasteiger partial charge in [0.2, 0.25) is 5.91 Å². The fourth-order valence-corrected chi connectivity index (χ4v) is 1.39. The van der Waals surface area contributed by atoms with Crippen molar-refractivity contribution in [1.29, 1.82) is 0 Å². The number of carboxylic acids is 1. The second-order valence-electron chi connectivity index (χ2n) is 3.24. The van der Waals surface area contributed by atoms with E-state index in [1.54, 1.807) is 6.08 Å². The molecule has 14 heavy (non-hydrogen) atoms. The SMILES string of the molecule is CC(=O)NC1=CC(CC(=O)O)=CCC1. The number of carboxylic acid groups (broad SMARTS) is 1. The third-order valence-corrected chi connectivity index (χ3v) is 1.87. The normalized spacial score (nSPS) is 15.5. The number of hydrogen-bond acceptors (Lipinski definition) is 2. The van der Waals surface area contributed by atoms with Crippen LogP contribution in [0.25, 0.3) is 0 Å². The van der Waals surface area contributed by atoms with Crippen LogP contribution in [0.4, 0.5) is 0 Å². The van der Waals surface area contributed by atoms with E-state index < -0.39 is 5.97 Å². The van der Waals surface area contributed by atoms with Gasteiger partial charge in [0.15, 0.2) is 0 Å². The molecule has 1 aliphatic carbocycles. The molecule has 0 saturated carbocycles. The average Bonchev–Trinajstić information content (AvgIpc) is 2.01. The van der Waals surface area contributed by atoms with Crippen LogP contribution in [0.3, 0.4) is 0 Å². The summed E-state index contributed by atoms with van der Waals surface area (Å²) in [4.78, 5) is 21.2. The van der Waals surface area contributed by atoms with Crippen molar-refractivity contribution in [2.24, 2.45) is 0 Å². The van der Waals surface area contributed by atoms with Crippen LogP contribution in [0.5, 0.6) is 0 Å². The Morgan fingerprint density at radius 3 is 2.86 bits per heavy atom. The van der Waals surface area contributed by atoms with E-state index in [9.17, 15) is 9.59 Å². The van der Waals surface area contributed by atoms with Crippen LogP contribution >= 0.6 is 0 Å². The fourth-order valence-electron chi connectivity index (χ4n) is 1.39. The first-order valence-electron chi connectivity index (χ1n) is 4.47. The van der Waals surface area contributed by atoms with Gasteiger partial charge in [-0.15, -0.1) is 0 Å². The maximum Gasteiger partial charge on any atom is 0.307 e. The standard InChI is InChI=1S/C10H13NO3/c1-7(12)11-9-4-2-3-8(5-9)6-10(13)14/h3,5H,2,4,6H2,1H3,(H,11,12)(H,13,14). The Hall–Kier alpha value is -1.58. The molecular formula is C10H13NO3. The van der Waals surface area contributed by atoms with Gasteiger partial charge >= 0.3 is 5.97 Å². The minimum absolute atomic E-state index is 0.0169. The van der Waals surface area contributed by atoms with Gasteiger partial charge in [-0.25, -0.2) is 0 Å². The number of rotatable bonds is 3. The topological polar surface area (TPSA) is 66.4 Å². The molecule has 0 spiro atoms. The first-order chi connectivity index (χ1) is 6.58. The monoisotopic (exact) mass is 195 g/mol. The third kappa shape index (κ3) is 3.43. The van der Waals surface area contributed by atoms with Crippen molar-refractivity contribution < 1.29 is 14.7 Å². The summed E-state index contributed by atoms with van der Waals surface area (Å²) in [5.41, 5.74) is 1.56. The van der Waals surface area contributed by atoms with Crippen molar-refractivity contribution in [3.05, 3.63) is 23.4 Å². The Kier molecular flexibility index (Phi) is 3.45. The average molecular weight is 195 g/mol. The molecule has 4 heteroatoms. The Labute approximate surface area is 82.3 Å². The molecule has 0 heterocycles. The summed E-state index contributed by atoms with van der Waals surface area (Å²) in [5.74, 6) is -0.968. The number of nitrogens with one attached hydrogen (secondary N) is 1. The van der Waals surface area contributed by atoms with Crippen LogP contribution in [0.2, 0.25) is 0 Å². The summed E-state index contributed by atoms with van der Waals surface area (Å²) in [6.07, 6.45) is 5.19. The maximum absolute atomic E-state index is 10.8. The number of allylic oxidation sites excluding steroid dienone is 3. The summed E-state index contributed by atoms with van der Waals surface area (Å²) in [6.45, 7) is 1.44. The van der Waals surface area contributed by atoms with Crippen LogP contribution in [0.15, 0.2) is 23.4 Å². The lowest BCUT2D eigenvalue weighted by Crippen LogP contribution is -2.20. The molecule has 1 amide bonds. The van der Waals surface area contributed by atoms with E-state index in [-0.39, 0.29) is 12.3 Å². The molecule has 0 aliphatic heterocycles. The van der Waals surface area contributed by atoms with E-state index in [4.69, 9.17) is 5.11 Å². The van der Waals surface area contributed by atoms with Crippen molar-refractivity contribution in [3.8, 4) is 0 Å². The molecule has 0 aromatic rings. The van der Waals surface area contributed by atoms with Gasteiger partial charge in [0.25, 0.3) is 0 Å². The zero-order valence-corrected chi connectivity index (χ0v) is 8.04. The zero-order chi connectivity index (χ0) is 10.6. The van der Waals surface area contributed by atoms with Gasteiger partial charge in [0, 0.05) is 12.6 Å². The highest BCUT2D eigenvalue weighted by molar-refractivity contribution is 5.75. The van der Waals surface area contributed by atoms with Crippen LogP contribution in [0, 0.1) is 0 Å². The smallest absolute Gasteiger partial charge is 0.307 e. The molecule has 0 bridgehead atoms. The van der Waals surface area contributed by atoms with Gasteiger partial charge in [-0.05, 0) is 24.5 Å². The quantitative estimate of drug-likeness (QED) is 0.711. The Bertz CT molecular complexity index is 315. The lowest BCUT2D eigenvalue weighted by molar-refractivity contribution is -0.136. The van der Waals surface area contributed by atoms with Crippen molar-refractivity contribution in [2.45, 2.75) is 26.2 Å². The maximum atomic E-state index is 10.8. The van der Waals surface area contributed by atoms with Gasteiger partial charge in [0.1, 0.15) is 0 Å². The number of amides is 1. The Balaban J connectivity index is 2.62. The lowest BCUT2D eigenvalue weighted by atomic mass is 10.0. The van der Waals surface area contributed by atoms with Gasteiger partial charge in [-0.1, -0.05) is 6.08 Å². The second kappa shape index (κ2) is 4.60. The Morgan fingerprint density at radius 2 is 2.29 bits per heavy atom. The summed E-state index contributed by atoms with van der Waals surface area (Å²) in [7, 11) is 0. The molecule has 0 radical (unpaired) electrons. The molecule has 2 N–H and O–H groups in total. The predicted molar refractivity (Wildman–Crippen MR) is 51.5 cm³/mol. The fraction of sp³-hybridized carbons (Fsp3) is 0.400. The predicted octanol–water partition coefficient (Wildman–Crippen LogP) is 1.20. The van der Waals surface area contributed by atoms with E-state index in [1.165, 1.54) is 6.92 Å². The molecule has 0 saturated heterocycles. The van der Waals surface area contributed by atoms with Crippen LogP contribution in [0.1, 0.15) is 26.2 Å². The number of carbonyl (C=O) groups excluding carboxylic acids is 1. The minimum Gasteiger partial charge on any atom is -0.481 e. The van der Waals surface area contributed by atoms with Crippen molar-refractivity contribution in [3.63, 3.8) is 0 Å². The van der Waals surface area contributed by atoms with Crippen LogP contribution in [-0.4, -0.2) is 17.0 Å². The third-order valence-electron chi connectivity index (χ3n) is 1.87. The number of aliphatic carboxylic acids is 1. The highest BCUT2D eigenvalue weighted by Gasteiger charge is 2.08. The second-order valence-corrected chi connectivity index (χ2v) is 3.24. The van der Waals surface area contributed by atoms with Gasteiger partial charge < -0.3 is 10.4 Å².